The van der Waals surface area contributed by atoms with Crippen LogP contribution in [-0.2, 0) is 11.3 Å². The number of para-hydroxylation sites is 1. The van der Waals surface area contributed by atoms with Crippen LogP contribution in [0.5, 0.6) is 0 Å². The first-order chi connectivity index (χ1) is 10.1. The molecule has 1 aromatic heterocycles. The maximum absolute atomic E-state index is 12.1. The number of aromatic nitrogens is 2. The molecular weight excluding hydrogens is 266 g/mol. The average Bonchev–Trinajstić information content (AvgIpc) is 2.98. The van der Waals surface area contributed by atoms with E-state index in [1.807, 2.05) is 23.1 Å². The highest BCUT2D eigenvalue weighted by Crippen LogP contribution is 2.24. The molecule has 0 atom stereocenters. The Balaban J connectivity index is 1.92. The van der Waals surface area contributed by atoms with Gasteiger partial charge in [-0.1, -0.05) is 25.0 Å². The van der Waals surface area contributed by atoms with Crippen LogP contribution in [0.25, 0.3) is 10.9 Å². The van der Waals surface area contributed by atoms with Gasteiger partial charge in [0.1, 0.15) is 5.82 Å². The van der Waals surface area contributed by atoms with Gasteiger partial charge in [0.15, 0.2) is 0 Å². The highest BCUT2D eigenvalue weighted by atomic mass is 16.2. The fourth-order valence-electron chi connectivity index (χ4n) is 3.08. The number of hydrogen-bond donors (Lipinski definition) is 1. The summed E-state index contributed by atoms with van der Waals surface area (Å²) >= 11 is 0. The smallest absolute Gasteiger partial charge is 0.258 e. The standard InChI is InChI=1S/C16H19N3O2/c1-11(20)19(12-6-2-3-7-12)10-15-17-14-9-5-4-8-13(14)16(21)18-15/h4-5,8-9,12H,2-3,6-7,10H2,1H3,(H,17,18,21). The van der Waals surface area contributed by atoms with Crippen molar-refractivity contribution in [1.29, 1.82) is 0 Å². The number of nitrogens with one attached hydrogen (secondary N) is 1. The molecule has 1 saturated carbocycles. The first kappa shape index (κ1) is 13.8. The predicted molar refractivity (Wildman–Crippen MR) is 80.8 cm³/mol. The second kappa shape index (κ2) is 5.68. The molecule has 0 bridgehead atoms. The molecule has 1 aromatic carbocycles. The summed E-state index contributed by atoms with van der Waals surface area (Å²) in [4.78, 5) is 33.1. The summed E-state index contributed by atoms with van der Waals surface area (Å²) in [5.41, 5.74) is 0.525. The Bertz CT molecular complexity index is 717. The molecule has 1 fully saturated rings. The third-order valence-corrected chi connectivity index (χ3v) is 4.15. The fourth-order valence-corrected chi connectivity index (χ4v) is 3.08. The minimum absolute atomic E-state index is 0.0395. The number of amides is 1. The molecule has 5 heteroatoms. The van der Waals surface area contributed by atoms with Crippen molar-refractivity contribution in [3.8, 4) is 0 Å². The van der Waals surface area contributed by atoms with Crippen molar-refractivity contribution in [3.05, 3.63) is 40.4 Å². The van der Waals surface area contributed by atoms with Gasteiger partial charge in [0.05, 0.1) is 17.4 Å². The van der Waals surface area contributed by atoms with Gasteiger partial charge in [-0.2, -0.15) is 0 Å². The van der Waals surface area contributed by atoms with E-state index in [2.05, 4.69) is 9.97 Å². The minimum atomic E-state index is -0.148. The summed E-state index contributed by atoms with van der Waals surface area (Å²) in [5.74, 6) is 0.596. The van der Waals surface area contributed by atoms with E-state index in [1.54, 1.807) is 13.0 Å². The topological polar surface area (TPSA) is 66.1 Å². The lowest BCUT2D eigenvalue weighted by atomic mass is 10.2. The van der Waals surface area contributed by atoms with Crippen molar-refractivity contribution >= 4 is 16.8 Å². The molecule has 2 aromatic rings. The lowest BCUT2D eigenvalue weighted by molar-refractivity contribution is -0.131. The van der Waals surface area contributed by atoms with Crippen LogP contribution < -0.4 is 5.56 Å². The third kappa shape index (κ3) is 2.82. The molecule has 5 nitrogen and oxygen atoms in total. The molecule has 0 saturated heterocycles. The largest absolute Gasteiger partial charge is 0.332 e. The molecule has 1 heterocycles. The molecule has 0 spiro atoms. The summed E-state index contributed by atoms with van der Waals surface area (Å²) in [6, 6.07) is 7.53. The van der Waals surface area contributed by atoms with E-state index in [4.69, 9.17) is 0 Å². The van der Waals surface area contributed by atoms with E-state index in [9.17, 15) is 9.59 Å². The number of nitrogens with zero attached hydrogens (tertiary/aromatic N) is 2. The number of H-pyrrole nitrogens is 1. The van der Waals surface area contributed by atoms with Gasteiger partial charge in [-0.15, -0.1) is 0 Å². The minimum Gasteiger partial charge on any atom is -0.332 e. The average molecular weight is 285 g/mol. The summed E-state index contributed by atoms with van der Waals surface area (Å²) in [5, 5.41) is 0.580. The molecule has 1 aliphatic rings. The van der Waals surface area contributed by atoms with Crippen LogP contribution in [0.2, 0.25) is 0 Å². The maximum Gasteiger partial charge on any atom is 0.258 e. The lowest BCUT2D eigenvalue weighted by Crippen LogP contribution is -2.37. The first-order valence-corrected chi connectivity index (χ1v) is 7.40. The van der Waals surface area contributed by atoms with Crippen LogP contribution in [0.3, 0.4) is 0 Å². The number of carbonyl (C=O) groups excluding carboxylic acids is 1. The van der Waals surface area contributed by atoms with Gasteiger partial charge >= 0.3 is 0 Å². The number of benzene rings is 1. The zero-order chi connectivity index (χ0) is 14.8. The van der Waals surface area contributed by atoms with Crippen molar-refractivity contribution in [2.75, 3.05) is 0 Å². The van der Waals surface area contributed by atoms with Crippen molar-refractivity contribution in [2.24, 2.45) is 0 Å². The number of hydrogen-bond acceptors (Lipinski definition) is 3. The van der Waals surface area contributed by atoms with Crippen LogP contribution in [0.15, 0.2) is 29.1 Å². The predicted octanol–water partition coefficient (Wildman–Crippen LogP) is 2.21. The van der Waals surface area contributed by atoms with E-state index in [0.717, 1.165) is 25.7 Å². The Kier molecular flexibility index (Phi) is 3.73. The molecule has 1 amide bonds. The molecule has 3 rings (SSSR count). The van der Waals surface area contributed by atoms with Crippen molar-refractivity contribution in [1.82, 2.24) is 14.9 Å². The number of aromatic amines is 1. The van der Waals surface area contributed by atoms with Crippen LogP contribution in [-0.4, -0.2) is 26.8 Å². The van der Waals surface area contributed by atoms with Gasteiger partial charge in [-0.05, 0) is 25.0 Å². The maximum atomic E-state index is 12.1. The van der Waals surface area contributed by atoms with Gasteiger partial charge in [-0.3, -0.25) is 9.59 Å². The van der Waals surface area contributed by atoms with Gasteiger partial charge in [-0.25, -0.2) is 4.98 Å². The van der Waals surface area contributed by atoms with Gasteiger partial charge in [0.2, 0.25) is 5.91 Å². The molecule has 1 N–H and O–H groups in total. The van der Waals surface area contributed by atoms with Gasteiger partial charge < -0.3 is 9.88 Å². The Hall–Kier alpha value is -2.17. The van der Waals surface area contributed by atoms with E-state index in [1.165, 1.54) is 0 Å². The first-order valence-electron chi connectivity index (χ1n) is 7.40. The normalized spacial score (nSPS) is 15.5. The Morgan fingerprint density at radius 3 is 2.76 bits per heavy atom. The fraction of sp³-hybridized carbons (Fsp3) is 0.438. The highest BCUT2D eigenvalue weighted by Gasteiger charge is 2.25. The SMILES string of the molecule is CC(=O)N(Cc1nc2ccccc2c(=O)[nH]1)C1CCCC1. The number of carbonyl (C=O) groups is 1. The zero-order valence-corrected chi connectivity index (χ0v) is 12.1. The summed E-state index contributed by atoms with van der Waals surface area (Å²) < 4.78 is 0. The summed E-state index contributed by atoms with van der Waals surface area (Å²) in [6.45, 7) is 1.96. The third-order valence-electron chi connectivity index (χ3n) is 4.15. The molecule has 21 heavy (non-hydrogen) atoms. The van der Waals surface area contributed by atoms with E-state index >= 15 is 0 Å². The van der Waals surface area contributed by atoms with Crippen molar-refractivity contribution in [3.63, 3.8) is 0 Å². The second-order valence-electron chi connectivity index (χ2n) is 5.61. The monoisotopic (exact) mass is 285 g/mol. The Morgan fingerprint density at radius 1 is 1.33 bits per heavy atom. The second-order valence-corrected chi connectivity index (χ2v) is 5.61. The number of rotatable bonds is 3. The van der Waals surface area contributed by atoms with E-state index in [0.29, 0.717) is 23.3 Å². The summed E-state index contributed by atoms with van der Waals surface area (Å²) in [6.07, 6.45) is 4.40. The Morgan fingerprint density at radius 2 is 2.05 bits per heavy atom. The molecule has 0 radical (unpaired) electrons. The van der Waals surface area contributed by atoms with Crippen LogP contribution in [0.1, 0.15) is 38.4 Å². The zero-order valence-electron chi connectivity index (χ0n) is 12.1. The lowest BCUT2D eigenvalue weighted by Gasteiger charge is -2.27. The number of fused-ring (bicyclic) bond motifs is 1. The highest BCUT2D eigenvalue weighted by molar-refractivity contribution is 5.77. The Labute approximate surface area is 123 Å². The van der Waals surface area contributed by atoms with Crippen molar-refractivity contribution < 1.29 is 4.79 Å². The quantitative estimate of drug-likeness (QED) is 0.940. The van der Waals surface area contributed by atoms with Crippen LogP contribution in [0.4, 0.5) is 0 Å². The van der Waals surface area contributed by atoms with Crippen LogP contribution >= 0.6 is 0 Å². The molecule has 0 aliphatic heterocycles. The molecule has 1 aliphatic carbocycles. The summed E-state index contributed by atoms with van der Waals surface area (Å²) in [7, 11) is 0. The molecule has 110 valence electrons. The van der Waals surface area contributed by atoms with Gasteiger partial charge in [0.25, 0.3) is 5.56 Å². The van der Waals surface area contributed by atoms with Crippen molar-refractivity contribution in [2.45, 2.75) is 45.2 Å². The molecular formula is C16H19N3O2. The molecule has 0 unspecified atom stereocenters. The van der Waals surface area contributed by atoms with Crippen LogP contribution in [0, 0.1) is 0 Å². The van der Waals surface area contributed by atoms with E-state index in [-0.39, 0.29) is 17.5 Å². The van der Waals surface area contributed by atoms with E-state index < -0.39 is 0 Å². The van der Waals surface area contributed by atoms with Gasteiger partial charge in [0, 0.05) is 13.0 Å².